The van der Waals surface area contributed by atoms with Crippen molar-refractivity contribution in [2.24, 2.45) is 46.3 Å². The average molecular weight is 394 g/mol. The highest BCUT2D eigenvalue weighted by atomic mass is 14.6. The van der Waals surface area contributed by atoms with Crippen LogP contribution >= 0.6 is 0 Å². The monoisotopic (exact) mass is 393 g/mol. The normalized spacial score (nSPS) is 42.6. The largest absolute Gasteiger partial charge is 0.121 e. The van der Waals surface area contributed by atoms with Crippen molar-refractivity contribution in [3.05, 3.63) is 29.5 Å². The number of hydrogen-bond donors (Lipinski definition) is 0. The highest BCUT2D eigenvalue weighted by molar-refractivity contribution is 5.30. The summed E-state index contributed by atoms with van der Waals surface area (Å²) >= 11 is 0. The zero-order valence-electron chi connectivity index (χ0n) is 19.9. The molecule has 3 saturated carbocycles. The van der Waals surface area contributed by atoms with Crippen LogP contribution in [0.5, 0.6) is 0 Å². The smallest absolute Gasteiger partial charge is 0.00266 e. The van der Waals surface area contributed by atoms with Gasteiger partial charge >= 0.3 is 0 Å². The van der Waals surface area contributed by atoms with E-state index in [1.54, 1.807) is 5.57 Å². The molecular formula is C29H45. The quantitative estimate of drug-likeness (QED) is 0.324. The second-order valence-corrected chi connectivity index (χ2v) is 12.2. The van der Waals surface area contributed by atoms with Crippen molar-refractivity contribution >= 4 is 0 Å². The van der Waals surface area contributed by atoms with Gasteiger partial charge in [0.1, 0.15) is 0 Å². The molecule has 4 rings (SSSR count). The van der Waals surface area contributed by atoms with Gasteiger partial charge in [0.15, 0.2) is 0 Å². The van der Waals surface area contributed by atoms with E-state index < -0.39 is 0 Å². The van der Waals surface area contributed by atoms with E-state index in [-0.39, 0.29) is 0 Å². The lowest BCUT2D eigenvalue weighted by atomic mass is 9.47. The Kier molecular flexibility index (Phi) is 5.98. The molecule has 0 amide bonds. The van der Waals surface area contributed by atoms with Crippen LogP contribution in [0.4, 0.5) is 0 Å². The maximum Gasteiger partial charge on any atom is -0.00266 e. The summed E-state index contributed by atoms with van der Waals surface area (Å²) in [6, 6.07) is 0. The van der Waals surface area contributed by atoms with Gasteiger partial charge in [-0.05, 0) is 110 Å². The van der Waals surface area contributed by atoms with Crippen molar-refractivity contribution < 1.29 is 0 Å². The standard InChI is InChI=1S/C29H45/c1-7-22-15-17-28(5)23(19-22)11-12-24-26-14-13-25(21(4)10-8-9-20(2)3)29(26,6)18-16-27(24)28/h1,11,20-21,24-27H,8-10,12-19H2,2-6H3/t7?,21-,24+,25-,26+,27+,28?,29-/m1/s1. The van der Waals surface area contributed by atoms with Crippen LogP contribution in [0.1, 0.15) is 105 Å². The first kappa shape index (κ1) is 21.5. The van der Waals surface area contributed by atoms with Crippen LogP contribution in [0, 0.1) is 52.9 Å². The highest BCUT2D eigenvalue weighted by Crippen LogP contribution is 2.67. The topological polar surface area (TPSA) is 0 Å². The zero-order valence-corrected chi connectivity index (χ0v) is 19.9. The van der Waals surface area contributed by atoms with Crippen LogP contribution in [0.25, 0.3) is 0 Å². The summed E-state index contributed by atoms with van der Waals surface area (Å²) in [5.74, 6) is 5.54. The molecule has 0 N–H and O–H groups in total. The summed E-state index contributed by atoms with van der Waals surface area (Å²) in [7, 11) is 0. The Labute approximate surface area is 181 Å². The summed E-state index contributed by atoms with van der Waals surface area (Å²) in [6.07, 6.45) is 17.8. The lowest BCUT2D eigenvalue weighted by Crippen LogP contribution is -2.50. The molecule has 0 saturated heterocycles. The summed E-state index contributed by atoms with van der Waals surface area (Å²) < 4.78 is 0. The fourth-order valence-electron chi connectivity index (χ4n) is 8.65. The van der Waals surface area contributed by atoms with Gasteiger partial charge in [-0.15, -0.1) is 5.73 Å². The van der Waals surface area contributed by atoms with Crippen molar-refractivity contribution in [2.75, 3.05) is 0 Å². The van der Waals surface area contributed by atoms with E-state index in [4.69, 9.17) is 6.58 Å². The minimum atomic E-state index is 0.436. The maximum absolute atomic E-state index is 5.77. The van der Waals surface area contributed by atoms with Gasteiger partial charge in [-0.2, -0.15) is 0 Å². The number of fused-ring (bicyclic) bond motifs is 5. The van der Waals surface area contributed by atoms with Gasteiger partial charge in [0.25, 0.3) is 0 Å². The fraction of sp³-hybridized carbons (Fsp3) is 0.828. The molecule has 29 heavy (non-hydrogen) atoms. The molecule has 0 heterocycles. The average Bonchev–Trinajstić information content (AvgIpc) is 3.04. The van der Waals surface area contributed by atoms with E-state index in [0.717, 1.165) is 41.9 Å². The van der Waals surface area contributed by atoms with Crippen LogP contribution < -0.4 is 0 Å². The zero-order chi connectivity index (χ0) is 20.8. The van der Waals surface area contributed by atoms with Crippen molar-refractivity contribution in [1.29, 1.82) is 0 Å². The van der Waals surface area contributed by atoms with Gasteiger partial charge < -0.3 is 0 Å². The Hall–Kier alpha value is -0.740. The first-order valence-electron chi connectivity index (χ1n) is 12.8. The first-order valence-corrected chi connectivity index (χ1v) is 12.8. The Bertz CT molecular complexity index is 689. The van der Waals surface area contributed by atoms with Crippen LogP contribution in [-0.2, 0) is 0 Å². The lowest BCUT2D eigenvalue weighted by molar-refractivity contribution is -0.0481. The lowest BCUT2D eigenvalue weighted by Gasteiger charge is -2.58. The van der Waals surface area contributed by atoms with Crippen LogP contribution in [0.3, 0.4) is 0 Å². The molecule has 0 spiro atoms. The van der Waals surface area contributed by atoms with Gasteiger partial charge in [-0.3, -0.25) is 0 Å². The molecule has 0 aromatic heterocycles. The van der Waals surface area contributed by atoms with Crippen molar-refractivity contribution in [3.63, 3.8) is 0 Å². The van der Waals surface area contributed by atoms with Gasteiger partial charge in [0.05, 0.1) is 0 Å². The predicted molar refractivity (Wildman–Crippen MR) is 124 cm³/mol. The van der Waals surface area contributed by atoms with Crippen molar-refractivity contribution in [2.45, 2.75) is 105 Å². The molecule has 4 aliphatic carbocycles. The Morgan fingerprint density at radius 3 is 2.59 bits per heavy atom. The summed E-state index contributed by atoms with van der Waals surface area (Å²) in [5.41, 5.74) is 7.08. The second kappa shape index (κ2) is 8.07. The summed E-state index contributed by atoms with van der Waals surface area (Å²) in [6.45, 7) is 18.4. The summed E-state index contributed by atoms with van der Waals surface area (Å²) in [5, 5.41) is 0. The molecule has 0 aliphatic heterocycles. The fourth-order valence-corrected chi connectivity index (χ4v) is 8.65. The molecule has 4 aliphatic rings. The van der Waals surface area contributed by atoms with E-state index in [0.29, 0.717) is 10.8 Å². The van der Waals surface area contributed by atoms with Crippen molar-refractivity contribution in [1.82, 2.24) is 0 Å². The highest BCUT2D eigenvalue weighted by Gasteiger charge is 2.58. The summed E-state index contributed by atoms with van der Waals surface area (Å²) in [4.78, 5) is 0. The van der Waals surface area contributed by atoms with Crippen LogP contribution in [-0.4, -0.2) is 0 Å². The molecular weight excluding hydrogens is 348 g/mol. The van der Waals surface area contributed by atoms with Crippen LogP contribution in [0.15, 0.2) is 23.0 Å². The Morgan fingerprint density at radius 1 is 1.07 bits per heavy atom. The first-order chi connectivity index (χ1) is 13.8. The Morgan fingerprint density at radius 2 is 1.86 bits per heavy atom. The molecule has 7 atom stereocenters. The third-order valence-corrected chi connectivity index (χ3v) is 10.4. The molecule has 0 aromatic carbocycles. The molecule has 0 nitrogen and oxygen atoms in total. The third kappa shape index (κ3) is 3.63. The van der Waals surface area contributed by atoms with Gasteiger partial charge in [0, 0.05) is 0 Å². The van der Waals surface area contributed by atoms with Gasteiger partial charge in [0.2, 0.25) is 0 Å². The molecule has 161 valence electrons. The number of hydrogen-bond acceptors (Lipinski definition) is 0. The van der Waals surface area contributed by atoms with E-state index in [9.17, 15) is 0 Å². The second-order valence-electron chi connectivity index (χ2n) is 12.2. The number of allylic oxidation sites excluding steroid dienone is 3. The molecule has 1 radical (unpaired) electrons. The Balaban J connectivity index is 1.50. The molecule has 0 bridgehead atoms. The number of rotatable bonds is 5. The van der Waals surface area contributed by atoms with E-state index >= 15 is 0 Å². The third-order valence-electron chi connectivity index (χ3n) is 10.4. The molecule has 0 aromatic rings. The minimum absolute atomic E-state index is 0.436. The van der Waals surface area contributed by atoms with Crippen LogP contribution in [0.2, 0.25) is 0 Å². The molecule has 1 unspecified atom stereocenters. The molecule has 0 heteroatoms. The van der Waals surface area contributed by atoms with E-state index in [1.807, 2.05) is 0 Å². The predicted octanol–water partition coefficient (Wildman–Crippen LogP) is 8.54. The minimum Gasteiger partial charge on any atom is -0.121 e. The van der Waals surface area contributed by atoms with Crippen molar-refractivity contribution in [3.8, 4) is 0 Å². The van der Waals surface area contributed by atoms with E-state index in [1.165, 1.54) is 69.8 Å². The SMILES string of the molecule is [CH]=C=C1CCC2(C)C(=CC[C@@H]3[C@@H]2CC[C@]2(C)[C@@H]([C@H](C)CCCC(C)C)CC[C@@H]32)C1. The van der Waals surface area contributed by atoms with E-state index in [2.05, 4.69) is 46.4 Å². The van der Waals surface area contributed by atoms with Gasteiger partial charge in [-0.25, -0.2) is 0 Å². The van der Waals surface area contributed by atoms with Gasteiger partial charge in [-0.1, -0.05) is 65.5 Å². The molecule has 3 fully saturated rings. The maximum atomic E-state index is 5.77.